The molecule has 2 aliphatic rings. The van der Waals surface area contributed by atoms with Crippen molar-refractivity contribution in [3.05, 3.63) is 41.0 Å². The van der Waals surface area contributed by atoms with Crippen molar-refractivity contribution in [2.45, 2.75) is 12.0 Å². The number of benzene rings is 1. The van der Waals surface area contributed by atoms with E-state index in [2.05, 4.69) is 4.74 Å². The number of carbonyl (C=O) groups is 2. The molecule has 3 rings (SSSR count). The van der Waals surface area contributed by atoms with Gasteiger partial charge in [-0.2, -0.15) is 0 Å². The Kier molecular flexibility index (Phi) is 1.63. The summed E-state index contributed by atoms with van der Waals surface area (Å²) in [6.07, 6.45) is 4.06. The lowest BCUT2D eigenvalue weighted by Crippen LogP contribution is -2.51. The van der Waals surface area contributed by atoms with Crippen LogP contribution >= 0.6 is 0 Å². The summed E-state index contributed by atoms with van der Waals surface area (Å²) in [5, 5.41) is 0. The molecule has 1 aromatic rings. The van der Waals surface area contributed by atoms with E-state index in [1.807, 2.05) is 18.2 Å². The zero-order valence-electron chi connectivity index (χ0n) is 8.40. The summed E-state index contributed by atoms with van der Waals surface area (Å²) >= 11 is 0. The molecule has 1 aromatic carbocycles. The SMILES string of the molecule is NC12CC=Cc3cccc(c31)C(=O)OC2=O. The molecule has 1 aliphatic heterocycles. The fourth-order valence-electron chi connectivity index (χ4n) is 2.27. The molecular weight excluding hydrogens is 206 g/mol. The average molecular weight is 215 g/mol. The summed E-state index contributed by atoms with van der Waals surface area (Å²) in [6, 6.07) is 5.22. The van der Waals surface area contributed by atoms with Gasteiger partial charge in [0.2, 0.25) is 0 Å². The highest BCUT2D eigenvalue weighted by molar-refractivity contribution is 6.07. The number of nitrogens with two attached hydrogens (primary N) is 1. The molecule has 0 saturated carbocycles. The highest BCUT2D eigenvalue weighted by atomic mass is 16.6. The smallest absolute Gasteiger partial charge is 0.346 e. The average Bonchev–Trinajstić information content (AvgIpc) is 2.27. The number of hydrogen-bond donors (Lipinski definition) is 1. The number of ether oxygens (including phenoxy) is 1. The van der Waals surface area contributed by atoms with Crippen LogP contribution in [0, 0.1) is 0 Å². The monoisotopic (exact) mass is 215 g/mol. The zero-order valence-corrected chi connectivity index (χ0v) is 8.40. The number of hydrogen-bond acceptors (Lipinski definition) is 4. The van der Waals surface area contributed by atoms with Crippen LogP contribution in [0.1, 0.15) is 27.9 Å². The van der Waals surface area contributed by atoms with Crippen molar-refractivity contribution < 1.29 is 14.3 Å². The van der Waals surface area contributed by atoms with Crippen molar-refractivity contribution in [1.82, 2.24) is 0 Å². The van der Waals surface area contributed by atoms with Crippen LogP contribution in [-0.2, 0) is 15.1 Å². The first kappa shape index (κ1) is 9.30. The molecule has 0 amide bonds. The number of carbonyl (C=O) groups excluding carboxylic acids is 2. The second-order valence-corrected chi connectivity index (χ2v) is 4.02. The van der Waals surface area contributed by atoms with E-state index in [9.17, 15) is 9.59 Å². The first-order valence-corrected chi connectivity index (χ1v) is 4.98. The van der Waals surface area contributed by atoms with Crippen LogP contribution in [0.25, 0.3) is 6.08 Å². The van der Waals surface area contributed by atoms with E-state index in [1.165, 1.54) is 0 Å². The third-order valence-corrected chi connectivity index (χ3v) is 3.05. The molecule has 0 aromatic heterocycles. The van der Waals surface area contributed by atoms with Gasteiger partial charge in [-0.1, -0.05) is 24.3 Å². The molecule has 1 unspecified atom stereocenters. The molecule has 2 N–H and O–H groups in total. The summed E-state index contributed by atoms with van der Waals surface area (Å²) in [7, 11) is 0. The quantitative estimate of drug-likeness (QED) is 0.516. The predicted molar refractivity (Wildman–Crippen MR) is 56.4 cm³/mol. The van der Waals surface area contributed by atoms with Crippen LogP contribution in [0.15, 0.2) is 24.3 Å². The first-order valence-electron chi connectivity index (χ1n) is 4.98. The number of esters is 2. The zero-order chi connectivity index (χ0) is 11.3. The van der Waals surface area contributed by atoms with E-state index < -0.39 is 17.5 Å². The summed E-state index contributed by atoms with van der Waals surface area (Å²) in [5.41, 5.74) is 6.65. The predicted octanol–water partition coefficient (Wildman–Crippen LogP) is 0.955. The Hall–Kier alpha value is -1.94. The largest absolute Gasteiger partial charge is 0.388 e. The van der Waals surface area contributed by atoms with Gasteiger partial charge in [-0.05, 0) is 18.1 Å². The molecular formula is C12H9NO3. The van der Waals surface area contributed by atoms with Crippen LogP contribution in [0.3, 0.4) is 0 Å². The van der Waals surface area contributed by atoms with Crippen molar-refractivity contribution in [3.63, 3.8) is 0 Å². The van der Waals surface area contributed by atoms with Crippen LogP contribution in [0.5, 0.6) is 0 Å². The van der Waals surface area contributed by atoms with Crippen molar-refractivity contribution in [1.29, 1.82) is 0 Å². The van der Waals surface area contributed by atoms with Gasteiger partial charge in [-0.3, -0.25) is 0 Å². The van der Waals surface area contributed by atoms with E-state index in [0.717, 1.165) is 5.56 Å². The molecule has 1 atom stereocenters. The Morgan fingerprint density at radius 2 is 2.12 bits per heavy atom. The standard InChI is InChI=1S/C12H9NO3/c13-12-6-2-4-7-3-1-5-8(9(7)12)10(14)16-11(12)15/h1-5H,6,13H2. The Balaban J connectivity index is 2.39. The van der Waals surface area contributed by atoms with Gasteiger partial charge in [0.25, 0.3) is 0 Å². The lowest BCUT2D eigenvalue weighted by atomic mass is 9.77. The molecule has 0 saturated heterocycles. The number of cyclic esters (lactones) is 2. The second-order valence-electron chi connectivity index (χ2n) is 4.02. The van der Waals surface area contributed by atoms with E-state index in [0.29, 0.717) is 17.5 Å². The van der Waals surface area contributed by atoms with Crippen LogP contribution in [0.2, 0.25) is 0 Å². The summed E-state index contributed by atoms with van der Waals surface area (Å²) in [6.45, 7) is 0. The van der Waals surface area contributed by atoms with Gasteiger partial charge in [-0.25, -0.2) is 9.59 Å². The summed E-state index contributed by atoms with van der Waals surface area (Å²) in [4.78, 5) is 23.3. The van der Waals surface area contributed by atoms with E-state index in [4.69, 9.17) is 5.73 Å². The first-order chi connectivity index (χ1) is 7.63. The molecule has 80 valence electrons. The van der Waals surface area contributed by atoms with Gasteiger partial charge in [0.15, 0.2) is 0 Å². The minimum absolute atomic E-state index is 0.364. The van der Waals surface area contributed by atoms with Crippen LogP contribution in [0.4, 0.5) is 0 Å². The van der Waals surface area contributed by atoms with Crippen molar-refractivity contribution in [2.24, 2.45) is 5.73 Å². The fraction of sp³-hybridized carbons (Fsp3) is 0.167. The molecule has 1 aliphatic carbocycles. The summed E-state index contributed by atoms with van der Waals surface area (Å²) in [5.74, 6) is -1.28. The van der Waals surface area contributed by atoms with E-state index in [1.54, 1.807) is 12.1 Å². The van der Waals surface area contributed by atoms with E-state index in [-0.39, 0.29) is 0 Å². The van der Waals surface area contributed by atoms with Gasteiger partial charge in [0, 0.05) is 5.56 Å². The minimum atomic E-state index is -1.20. The third kappa shape index (κ3) is 0.967. The Morgan fingerprint density at radius 1 is 1.31 bits per heavy atom. The molecule has 0 bridgehead atoms. The number of rotatable bonds is 0. The van der Waals surface area contributed by atoms with Crippen molar-refractivity contribution >= 4 is 18.0 Å². The lowest BCUT2D eigenvalue weighted by molar-refractivity contribution is -0.145. The molecule has 16 heavy (non-hydrogen) atoms. The van der Waals surface area contributed by atoms with Gasteiger partial charge in [0.1, 0.15) is 5.54 Å². The van der Waals surface area contributed by atoms with Gasteiger partial charge in [-0.15, -0.1) is 0 Å². The van der Waals surface area contributed by atoms with Crippen molar-refractivity contribution in [2.75, 3.05) is 0 Å². The Labute approximate surface area is 91.7 Å². The maximum atomic E-state index is 11.7. The Bertz CT molecular complexity index is 547. The highest BCUT2D eigenvalue weighted by Gasteiger charge is 2.47. The van der Waals surface area contributed by atoms with Crippen LogP contribution < -0.4 is 5.73 Å². The molecule has 0 radical (unpaired) electrons. The molecule has 0 fully saturated rings. The van der Waals surface area contributed by atoms with Crippen LogP contribution in [-0.4, -0.2) is 11.9 Å². The topological polar surface area (TPSA) is 69.4 Å². The van der Waals surface area contributed by atoms with Crippen molar-refractivity contribution in [3.8, 4) is 0 Å². The Morgan fingerprint density at radius 3 is 2.94 bits per heavy atom. The van der Waals surface area contributed by atoms with Gasteiger partial charge < -0.3 is 10.5 Å². The molecule has 4 heteroatoms. The van der Waals surface area contributed by atoms with E-state index >= 15 is 0 Å². The normalized spacial score (nSPS) is 26.3. The third-order valence-electron chi connectivity index (χ3n) is 3.05. The maximum Gasteiger partial charge on any atom is 0.346 e. The summed E-state index contributed by atoms with van der Waals surface area (Å²) < 4.78 is 4.67. The second kappa shape index (κ2) is 2.80. The van der Waals surface area contributed by atoms with Gasteiger partial charge >= 0.3 is 11.9 Å². The highest BCUT2D eigenvalue weighted by Crippen LogP contribution is 2.38. The molecule has 4 nitrogen and oxygen atoms in total. The fourth-order valence-corrected chi connectivity index (χ4v) is 2.27. The van der Waals surface area contributed by atoms with Gasteiger partial charge in [0.05, 0.1) is 5.56 Å². The molecule has 0 spiro atoms. The molecule has 1 heterocycles. The minimum Gasteiger partial charge on any atom is -0.388 e. The lowest BCUT2D eigenvalue weighted by Gasteiger charge is -2.34. The maximum absolute atomic E-state index is 11.7.